The Balaban J connectivity index is 4.17. The lowest BCUT2D eigenvalue weighted by Crippen LogP contribution is -2.32. The summed E-state index contributed by atoms with van der Waals surface area (Å²) in [5.74, 6) is -1.22. The van der Waals surface area contributed by atoms with Crippen LogP contribution in [0, 0.1) is 0 Å². The lowest BCUT2D eigenvalue weighted by Gasteiger charge is -2.24. The van der Waals surface area contributed by atoms with E-state index in [-0.39, 0.29) is 5.75 Å². The van der Waals surface area contributed by atoms with Crippen LogP contribution < -0.4 is 0 Å². The van der Waals surface area contributed by atoms with Crippen molar-refractivity contribution in [2.24, 2.45) is 0 Å². The van der Waals surface area contributed by atoms with E-state index in [9.17, 15) is 18.0 Å². The number of thioether (sulfide) groups is 1. The fourth-order valence-corrected chi connectivity index (χ4v) is 2.54. The summed E-state index contributed by atoms with van der Waals surface area (Å²) in [5, 5.41) is 9.06. The van der Waals surface area contributed by atoms with Gasteiger partial charge in [0.15, 0.2) is 0 Å². The Hall–Kier alpha value is -0.390. The van der Waals surface area contributed by atoms with Crippen LogP contribution in [0.15, 0.2) is 0 Å². The van der Waals surface area contributed by atoms with Crippen LogP contribution in [-0.2, 0) is 4.79 Å². The number of hydrogen-bond donors (Lipinski definition) is 1. The predicted molar refractivity (Wildman–Crippen MR) is 63.3 cm³/mol. The highest BCUT2D eigenvalue weighted by atomic mass is 32.2. The summed E-state index contributed by atoms with van der Waals surface area (Å²) in [6.07, 6.45) is -2.13. The molecule has 0 spiro atoms. The maximum Gasteiger partial charge on any atom is 0.389 e. The molecule has 0 fully saturated rings. The zero-order valence-electron chi connectivity index (χ0n) is 10.1. The second kappa shape index (κ2) is 7.13. The van der Waals surface area contributed by atoms with Crippen molar-refractivity contribution in [3.63, 3.8) is 0 Å². The highest BCUT2D eigenvalue weighted by Crippen LogP contribution is 2.34. The summed E-state index contributed by atoms with van der Waals surface area (Å²) in [7, 11) is 0. The molecule has 102 valence electrons. The average molecular weight is 272 g/mol. The summed E-state index contributed by atoms with van der Waals surface area (Å²) in [6, 6.07) is 0. The normalized spacial score (nSPS) is 15.6. The highest BCUT2D eigenvalue weighted by Gasteiger charge is 2.35. The van der Waals surface area contributed by atoms with Gasteiger partial charge in [0.05, 0.1) is 6.42 Å². The van der Waals surface area contributed by atoms with Gasteiger partial charge < -0.3 is 5.11 Å². The first-order valence-corrected chi connectivity index (χ1v) is 6.64. The van der Waals surface area contributed by atoms with Crippen molar-refractivity contribution in [3.8, 4) is 0 Å². The largest absolute Gasteiger partial charge is 0.480 e. The molecule has 0 aliphatic carbocycles. The number of unbranched alkanes of at least 4 members (excludes halogenated alkanes) is 2. The number of hydrogen-bond acceptors (Lipinski definition) is 2. The van der Waals surface area contributed by atoms with Gasteiger partial charge >= 0.3 is 12.1 Å². The van der Waals surface area contributed by atoms with E-state index < -0.39 is 23.3 Å². The lowest BCUT2D eigenvalue weighted by atomic mass is 10.0. The molecule has 1 unspecified atom stereocenters. The van der Waals surface area contributed by atoms with Crippen molar-refractivity contribution in [1.82, 2.24) is 0 Å². The second-order valence-electron chi connectivity index (χ2n) is 4.21. The minimum absolute atomic E-state index is 0.196. The van der Waals surface area contributed by atoms with Crippen molar-refractivity contribution in [1.29, 1.82) is 0 Å². The molecule has 2 nitrogen and oxygen atoms in total. The van der Waals surface area contributed by atoms with E-state index in [0.29, 0.717) is 6.42 Å². The van der Waals surface area contributed by atoms with Crippen molar-refractivity contribution in [2.75, 3.05) is 5.75 Å². The van der Waals surface area contributed by atoms with Crippen molar-refractivity contribution in [3.05, 3.63) is 0 Å². The molecule has 0 aromatic heterocycles. The van der Waals surface area contributed by atoms with Crippen LogP contribution in [0.5, 0.6) is 0 Å². The molecule has 0 radical (unpaired) electrons. The zero-order chi connectivity index (χ0) is 13.5. The molecule has 0 heterocycles. The van der Waals surface area contributed by atoms with Gasteiger partial charge in [-0.1, -0.05) is 26.2 Å². The van der Waals surface area contributed by atoms with E-state index in [0.717, 1.165) is 31.0 Å². The first-order valence-electron chi connectivity index (χ1n) is 5.65. The highest BCUT2D eigenvalue weighted by molar-refractivity contribution is 8.01. The molecular formula is C11H19F3O2S. The van der Waals surface area contributed by atoms with Gasteiger partial charge in [-0.15, -0.1) is 11.8 Å². The predicted octanol–water partition coefficient (Wildman–Crippen LogP) is 4.10. The molecule has 0 amide bonds. The van der Waals surface area contributed by atoms with Crippen LogP contribution in [0.1, 0.15) is 46.0 Å². The third-order valence-corrected chi connectivity index (χ3v) is 3.94. The van der Waals surface area contributed by atoms with Gasteiger partial charge in [0.2, 0.25) is 0 Å². The molecule has 0 saturated carbocycles. The van der Waals surface area contributed by atoms with Crippen LogP contribution >= 0.6 is 11.8 Å². The molecule has 0 rings (SSSR count). The van der Waals surface area contributed by atoms with Crippen molar-refractivity contribution >= 4 is 17.7 Å². The molecule has 0 aromatic carbocycles. The van der Waals surface area contributed by atoms with Gasteiger partial charge in [0.1, 0.15) is 4.75 Å². The topological polar surface area (TPSA) is 37.3 Å². The fraction of sp³-hybridized carbons (Fsp3) is 0.909. The Kier molecular flexibility index (Phi) is 6.97. The molecule has 1 atom stereocenters. The molecule has 0 aliphatic rings. The summed E-state index contributed by atoms with van der Waals surface area (Å²) in [6.45, 7) is 3.50. The fourth-order valence-electron chi connectivity index (χ4n) is 1.35. The van der Waals surface area contributed by atoms with E-state index >= 15 is 0 Å². The third-order valence-electron chi connectivity index (χ3n) is 2.52. The van der Waals surface area contributed by atoms with Gasteiger partial charge in [-0.25, -0.2) is 0 Å². The van der Waals surface area contributed by atoms with Crippen LogP contribution in [0.2, 0.25) is 0 Å². The first kappa shape index (κ1) is 16.6. The Labute approximate surface area is 104 Å². The smallest absolute Gasteiger partial charge is 0.389 e. The summed E-state index contributed by atoms with van der Waals surface area (Å²) in [5.41, 5.74) is 0. The molecule has 6 heteroatoms. The van der Waals surface area contributed by atoms with E-state index in [1.165, 1.54) is 6.92 Å². The van der Waals surface area contributed by atoms with E-state index in [4.69, 9.17) is 5.11 Å². The zero-order valence-corrected chi connectivity index (χ0v) is 11.0. The van der Waals surface area contributed by atoms with Crippen LogP contribution in [0.25, 0.3) is 0 Å². The number of carboxylic acids is 1. The summed E-state index contributed by atoms with van der Waals surface area (Å²) >= 11 is 0.890. The number of aliphatic carboxylic acids is 1. The summed E-state index contributed by atoms with van der Waals surface area (Å²) in [4.78, 5) is 11.1. The Morgan fingerprint density at radius 2 is 1.82 bits per heavy atom. The molecule has 0 saturated heterocycles. The SMILES string of the molecule is CCCCCC(C)(SCCC(F)(F)F)C(=O)O. The number of alkyl halides is 3. The van der Waals surface area contributed by atoms with E-state index in [2.05, 4.69) is 0 Å². The monoisotopic (exact) mass is 272 g/mol. The molecule has 17 heavy (non-hydrogen) atoms. The molecule has 0 bridgehead atoms. The second-order valence-corrected chi connectivity index (χ2v) is 5.80. The van der Waals surface area contributed by atoms with Gasteiger partial charge in [-0.05, 0) is 13.3 Å². The van der Waals surface area contributed by atoms with E-state index in [1.807, 2.05) is 6.92 Å². The van der Waals surface area contributed by atoms with Crippen LogP contribution in [0.4, 0.5) is 13.2 Å². The van der Waals surface area contributed by atoms with Crippen molar-refractivity contribution in [2.45, 2.75) is 56.9 Å². The Morgan fingerprint density at radius 1 is 1.24 bits per heavy atom. The molecular weight excluding hydrogens is 253 g/mol. The molecule has 0 aromatic rings. The van der Waals surface area contributed by atoms with Crippen LogP contribution in [0.3, 0.4) is 0 Å². The standard InChI is InChI=1S/C11H19F3O2S/c1-3-4-5-6-10(2,9(15)16)17-8-7-11(12,13)14/h3-8H2,1-2H3,(H,15,16). The molecule has 0 aliphatic heterocycles. The van der Waals surface area contributed by atoms with Crippen molar-refractivity contribution < 1.29 is 23.1 Å². The Bertz CT molecular complexity index is 243. The number of carboxylic acid groups (broad SMARTS) is 1. The minimum Gasteiger partial charge on any atom is -0.480 e. The molecule has 1 N–H and O–H groups in total. The number of rotatable bonds is 8. The van der Waals surface area contributed by atoms with Gasteiger partial charge in [0, 0.05) is 5.75 Å². The maximum atomic E-state index is 12.0. The van der Waals surface area contributed by atoms with Gasteiger partial charge in [-0.3, -0.25) is 4.79 Å². The first-order chi connectivity index (χ1) is 7.71. The van der Waals surface area contributed by atoms with Crippen LogP contribution in [-0.4, -0.2) is 27.8 Å². The quantitative estimate of drug-likeness (QED) is 0.676. The average Bonchev–Trinajstić information content (AvgIpc) is 2.15. The summed E-state index contributed by atoms with van der Waals surface area (Å²) < 4.78 is 34.8. The van der Waals surface area contributed by atoms with Gasteiger partial charge in [0.25, 0.3) is 0 Å². The lowest BCUT2D eigenvalue weighted by molar-refractivity contribution is -0.140. The number of carbonyl (C=O) groups is 1. The number of halogens is 3. The van der Waals surface area contributed by atoms with Gasteiger partial charge in [-0.2, -0.15) is 13.2 Å². The minimum atomic E-state index is -4.21. The third kappa shape index (κ3) is 7.52. The Morgan fingerprint density at radius 3 is 2.24 bits per heavy atom. The van der Waals surface area contributed by atoms with E-state index in [1.54, 1.807) is 0 Å². The maximum absolute atomic E-state index is 12.0.